The van der Waals surface area contributed by atoms with E-state index in [1.165, 1.54) is 24.3 Å². The van der Waals surface area contributed by atoms with E-state index in [0.717, 1.165) is 0 Å². The van der Waals surface area contributed by atoms with Gasteiger partial charge in [-0.1, -0.05) is 24.7 Å². The van der Waals surface area contributed by atoms with E-state index in [1.807, 2.05) is 17.5 Å². The van der Waals surface area contributed by atoms with E-state index < -0.39 is 0 Å². The monoisotopic (exact) mass is 269 g/mol. The molecule has 3 heteroatoms. The van der Waals surface area contributed by atoms with E-state index in [-0.39, 0.29) is 24.0 Å². The summed E-state index contributed by atoms with van der Waals surface area (Å²) in [5, 5.41) is 3.49. The molecule has 1 aromatic heterocycles. The quantitative estimate of drug-likeness (QED) is 0.619. The molecule has 1 rings (SSSR count). The highest BCUT2D eigenvalue weighted by molar-refractivity contribution is 7.09. The minimum atomic E-state index is 0. The third-order valence-electron chi connectivity index (χ3n) is 1.28. The van der Waals surface area contributed by atoms with Crippen LogP contribution in [0.15, 0.2) is 11.6 Å². The lowest BCUT2D eigenvalue weighted by Gasteiger charge is -1.84. The Morgan fingerprint density at radius 1 is 1.60 bits per heavy atom. The molecule has 0 spiro atoms. The summed E-state index contributed by atoms with van der Waals surface area (Å²) in [5.41, 5.74) is 0. The number of thiazole rings is 1. The zero-order chi connectivity index (χ0) is 6.53. The summed E-state index contributed by atoms with van der Waals surface area (Å²) in [6, 6.07) is 0. The Kier molecular flexibility index (Phi) is 6.31. The van der Waals surface area contributed by atoms with Gasteiger partial charge in [0.2, 0.25) is 5.01 Å². The molecule has 1 nitrogen and oxygen atoms in total. The lowest BCUT2D eigenvalue weighted by Crippen LogP contribution is -3.00. The first kappa shape index (κ1) is 10.4. The van der Waals surface area contributed by atoms with Crippen molar-refractivity contribution in [2.24, 2.45) is 0 Å². The fourth-order valence-corrected chi connectivity index (χ4v) is 1.44. The van der Waals surface area contributed by atoms with Gasteiger partial charge in [0.05, 0.1) is 5.38 Å². The standard InChI is InChI=1S/C7H11NS.HI/c1-2-3-4-7-8-5-6-9-7;/h5-6H,2-4H2,1H3;1H. The van der Waals surface area contributed by atoms with Crippen molar-refractivity contribution in [1.29, 1.82) is 0 Å². The van der Waals surface area contributed by atoms with Crippen LogP contribution in [-0.4, -0.2) is 0 Å². The van der Waals surface area contributed by atoms with Crippen LogP contribution in [0.2, 0.25) is 0 Å². The molecule has 0 unspecified atom stereocenters. The van der Waals surface area contributed by atoms with Crippen LogP contribution in [0.25, 0.3) is 0 Å². The van der Waals surface area contributed by atoms with Gasteiger partial charge in [-0.25, -0.2) is 4.98 Å². The number of unbranched alkanes of at least 4 members (excludes halogenated alkanes) is 1. The second-order valence-electron chi connectivity index (χ2n) is 2.09. The first-order valence-electron chi connectivity index (χ1n) is 3.37. The number of halogens is 1. The molecule has 0 radical (unpaired) electrons. The van der Waals surface area contributed by atoms with Gasteiger partial charge in [0, 0.05) is 6.42 Å². The Morgan fingerprint density at radius 3 is 2.90 bits per heavy atom. The van der Waals surface area contributed by atoms with Crippen molar-refractivity contribution in [2.45, 2.75) is 26.2 Å². The van der Waals surface area contributed by atoms with Crippen LogP contribution in [0.4, 0.5) is 0 Å². The van der Waals surface area contributed by atoms with Gasteiger partial charge in [0.25, 0.3) is 0 Å². The number of aromatic amines is 1. The van der Waals surface area contributed by atoms with Gasteiger partial charge in [-0.15, -0.1) is 0 Å². The smallest absolute Gasteiger partial charge is 0.235 e. The molecule has 1 aromatic rings. The average Bonchev–Trinajstić information content (AvgIpc) is 2.34. The van der Waals surface area contributed by atoms with Gasteiger partial charge < -0.3 is 24.0 Å². The number of hydrogen-bond acceptors (Lipinski definition) is 1. The van der Waals surface area contributed by atoms with Crippen LogP contribution in [0.3, 0.4) is 0 Å². The first-order chi connectivity index (χ1) is 4.43. The Bertz CT molecular complexity index is 151. The molecule has 0 bridgehead atoms. The van der Waals surface area contributed by atoms with Gasteiger partial charge in [0.1, 0.15) is 0 Å². The van der Waals surface area contributed by atoms with E-state index in [0.29, 0.717) is 0 Å². The molecule has 1 heterocycles. The van der Waals surface area contributed by atoms with Crippen LogP contribution >= 0.6 is 11.3 Å². The molecule has 0 atom stereocenters. The molecule has 0 aliphatic heterocycles. The molecule has 0 amide bonds. The Labute approximate surface area is 82.9 Å². The normalized spacial score (nSPS) is 8.90. The molecule has 0 saturated carbocycles. The number of aryl methyl sites for hydroxylation is 1. The molecule has 1 N–H and O–H groups in total. The van der Waals surface area contributed by atoms with Crippen molar-refractivity contribution in [3.8, 4) is 0 Å². The van der Waals surface area contributed by atoms with Crippen molar-refractivity contribution in [3.05, 3.63) is 16.6 Å². The average molecular weight is 269 g/mol. The third-order valence-corrected chi connectivity index (χ3v) is 2.16. The van der Waals surface area contributed by atoms with Gasteiger partial charge in [-0.2, -0.15) is 0 Å². The van der Waals surface area contributed by atoms with E-state index in [1.54, 1.807) is 0 Å². The van der Waals surface area contributed by atoms with Crippen molar-refractivity contribution >= 4 is 11.3 Å². The predicted molar refractivity (Wildman–Crippen MR) is 39.5 cm³/mol. The van der Waals surface area contributed by atoms with Crippen molar-refractivity contribution < 1.29 is 29.0 Å². The molecule has 10 heavy (non-hydrogen) atoms. The van der Waals surface area contributed by atoms with Crippen molar-refractivity contribution in [1.82, 2.24) is 0 Å². The summed E-state index contributed by atoms with van der Waals surface area (Å²) in [6.07, 6.45) is 5.80. The van der Waals surface area contributed by atoms with E-state index in [2.05, 4.69) is 17.3 Å². The lowest BCUT2D eigenvalue weighted by atomic mass is 10.3. The minimum absolute atomic E-state index is 0. The Morgan fingerprint density at radius 2 is 2.40 bits per heavy atom. The van der Waals surface area contributed by atoms with Gasteiger partial charge >= 0.3 is 0 Å². The number of rotatable bonds is 3. The second kappa shape index (κ2) is 6.09. The summed E-state index contributed by atoms with van der Waals surface area (Å²) in [4.78, 5) is 3.19. The molecule has 58 valence electrons. The zero-order valence-electron chi connectivity index (χ0n) is 6.06. The molecule has 0 saturated heterocycles. The number of aromatic nitrogens is 1. The van der Waals surface area contributed by atoms with Crippen LogP contribution in [-0.2, 0) is 6.42 Å². The zero-order valence-corrected chi connectivity index (χ0v) is 9.04. The highest BCUT2D eigenvalue weighted by Gasteiger charge is 1.98. The van der Waals surface area contributed by atoms with Gasteiger partial charge in [0.15, 0.2) is 6.20 Å². The van der Waals surface area contributed by atoms with E-state index in [9.17, 15) is 0 Å². The number of H-pyrrole nitrogens is 1. The summed E-state index contributed by atoms with van der Waals surface area (Å²) in [7, 11) is 0. The summed E-state index contributed by atoms with van der Waals surface area (Å²) in [5.74, 6) is 0. The van der Waals surface area contributed by atoms with Crippen LogP contribution in [0.1, 0.15) is 24.8 Å². The SMILES string of the molecule is CCCCc1[nH+]ccs1.[I-]. The fraction of sp³-hybridized carbons (Fsp3) is 0.571. The predicted octanol–water partition coefficient (Wildman–Crippen LogP) is -1.09. The van der Waals surface area contributed by atoms with Crippen molar-refractivity contribution in [2.75, 3.05) is 0 Å². The van der Waals surface area contributed by atoms with Crippen LogP contribution in [0, 0.1) is 0 Å². The highest BCUT2D eigenvalue weighted by atomic mass is 127. The highest BCUT2D eigenvalue weighted by Crippen LogP contribution is 2.03. The third kappa shape index (κ3) is 3.51. The minimum Gasteiger partial charge on any atom is -1.00 e. The molecule has 0 fully saturated rings. The molecule has 0 aliphatic rings. The Hall–Kier alpha value is 0.360. The van der Waals surface area contributed by atoms with E-state index >= 15 is 0 Å². The maximum atomic E-state index is 3.19. The second-order valence-corrected chi connectivity index (χ2v) is 3.09. The summed E-state index contributed by atoms with van der Waals surface area (Å²) in [6.45, 7) is 2.22. The molecule has 0 aliphatic carbocycles. The largest absolute Gasteiger partial charge is 1.00 e. The lowest BCUT2D eigenvalue weighted by molar-refractivity contribution is -0.382. The van der Waals surface area contributed by atoms with E-state index in [4.69, 9.17) is 0 Å². The summed E-state index contributed by atoms with van der Waals surface area (Å²) >= 11 is 1.81. The maximum Gasteiger partial charge on any atom is 0.235 e. The summed E-state index contributed by atoms with van der Waals surface area (Å²) < 4.78 is 0. The Balaban J connectivity index is 0.000000810. The first-order valence-corrected chi connectivity index (χ1v) is 4.25. The van der Waals surface area contributed by atoms with Crippen LogP contribution in [0.5, 0.6) is 0 Å². The van der Waals surface area contributed by atoms with Gasteiger partial charge in [-0.05, 0) is 6.42 Å². The van der Waals surface area contributed by atoms with Crippen LogP contribution < -0.4 is 29.0 Å². The topological polar surface area (TPSA) is 14.1 Å². The number of hydrogen-bond donors (Lipinski definition) is 0. The number of nitrogens with one attached hydrogen (secondary N) is 1. The van der Waals surface area contributed by atoms with Crippen molar-refractivity contribution in [3.63, 3.8) is 0 Å². The molecular weight excluding hydrogens is 257 g/mol. The maximum absolute atomic E-state index is 3.19. The molecular formula is C7H12INS. The fourth-order valence-electron chi connectivity index (χ4n) is 0.746. The molecule has 0 aromatic carbocycles. The van der Waals surface area contributed by atoms with Gasteiger partial charge in [-0.3, -0.25) is 0 Å².